The SMILES string of the molecule is CCC(CC)c1nc(C(=O)N2CCOC3(CCN(Cc4cccc(CCNCC(=O)c5ccc(O)c6[nH]c(=O)sc56)c4F)CC3)C2)cs1. The molecule has 3 N–H and O–H groups in total. The van der Waals surface area contributed by atoms with Crippen LogP contribution in [0.2, 0.25) is 0 Å². The number of ether oxygens (including phenoxy) is 1. The molecular formula is C35H42FN5O5S2. The van der Waals surface area contributed by atoms with Crippen molar-refractivity contribution in [3.05, 3.63) is 78.6 Å². The van der Waals surface area contributed by atoms with Gasteiger partial charge < -0.3 is 25.0 Å². The summed E-state index contributed by atoms with van der Waals surface area (Å²) in [5.41, 5.74) is 1.97. The predicted molar refractivity (Wildman–Crippen MR) is 186 cm³/mol. The monoisotopic (exact) mass is 695 g/mol. The average Bonchev–Trinajstić information content (AvgIpc) is 3.74. The Morgan fingerprint density at radius 2 is 1.92 bits per heavy atom. The largest absolute Gasteiger partial charge is 0.506 e. The smallest absolute Gasteiger partial charge is 0.305 e. The number of aromatic amines is 1. The summed E-state index contributed by atoms with van der Waals surface area (Å²) in [7, 11) is 0. The molecule has 2 aliphatic rings. The summed E-state index contributed by atoms with van der Waals surface area (Å²) in [6.07, 6.45) is 3.96. The number of carbonyl (C=O) groups is 2. The van der Waals surface area contributed by atoms with Crippen molar-refractivity contribution in [2.45, 2.75) is 64.0 Å². The number of halogens is 1. The molecule has 0 radical (unpaired) electrons. The normalized spacial score (nSPS) is 16.7. The number of nitrogens with zero attached hydrogens (tertiary/aromatic N) is 3. The van der Waals surface area contributed by atoms with E-state index in [1.165, 1.54) is 12.1 Å². The minimum atomic E-state index is -0.396. The van der Waals surface area contributed by atoms with Gasteiger partial charge in [0.25, 0.3) is 5.91 Å². The molecule has 2 aromatic heterocycles. The highest BCUT2D eigenvalue weighted by Crippen LogP contribution is 2.33. The minimum Gasteiger partial charge on any atom is -0.506 e. The molecule has 2 aliphatic heterocycles. The van der Waals surface area contributed by atoms with Gasteiger partial charge in [-0.1, -0.05) is 43.4 Å². The molecule has 1 spiro atoms. The van der Waals surface area contributed by atoms with E-state index < -0.39 is 5.60 Å². The summed E-state index contributed by atoms with van der Waals surface area (Å²) in [5.74, 6) is -0.157. The molecule has 2 saturated heterocycles. The molecule has 13 heteroatoms. The number of amides is 1. The molecule has 1 amide bonds. The van der Waals surface area contributed by atoms with Crippen molar-refractivity contribution in [3.8, 4) is 5.75 Å². The number of piperidine rings is 1. The number of ketones is 1. The van der Waals surface area contributed by atoms with Crippen LogP contribution in [-0.4, -0.2) is 88.0 Å². The van der Waals surface area contributed by atoms with Gasteiger partial charge >= 0.3 is 4.87 Å². The van der Waals surface area contributed by atoms with Crippen LogP contribution in [0.25, 0.3) is 10.2 Å². The van der Waals surface area contributed by atoms with E-state index in [1.54, 1.807) is 17.4 Å². The molecule has 2 fully saturated rings. The standard InChI is InChI=1S/C35H42FN5O5S2/c1-3-22(4-2)32-38-26(20-47-32)33(44)41-16-17-46-35(21-41)11-14-40(15-12-35)19-24-7-5-6-23(29(24)36)10-13-37-18-28(43)25-8-9-27(42)30-31(25)48-34(45)39-30/h5-9,20,22,37,42H,3-4,10-19,21H2,1-2H3,(H,39,45). The van der Waals surface area contributed by atoms with Crippen molar-refractivity contribution in [2.24, 2.45) is 0 Å². The van der Waals surface area contributed by atoms with Crippen molar-refractivity contribution < 1.29 is 23.8 Å². The zero-order valence-electron chi connectivity index (χ0n) is 27.4. The lowest BCUT2D eigenvalue weighted by atomic mass is 9.89. The number of fused-ring (bicyclic) bond motifs is 1. The number of H-pyrrole nitrogens is 1. The van der Waals surface area contributed by atoms with Crippen molar-refractivity contribution in [1.29, 1.82) is 0 Å². The number of thiazole rings is 2. The highest BCUT2D eigenvalue weighted by molar-refractivity contribution is 7.16. The number of morpholine rings is 1. The van der Waals surface area contributed by atoms with Crippen LogP contribution in [0.5, 0.6) is 5.75 Å². The van der Waals surface area contributed by atoms with Gasteiger partial charge in [-0.05, 0) is 56.3 Å². The number of likely N-dealkylation sites (tertiary alicyclic amines) is 1. The summed E-state index contributed by atoms with van der Waals surface area (Å²) in [4.78, 5) is 49.0. The van der Waals surface area contributed by atoms with Crippen LogP contribution < -0.4 is 10.2 Å². The van der Waals surface area contributed by atoms with E-state index in [0.717, 1.165) is 55.1 Å². The van der Waals surface area contributed by atoms with E-state index >= 15 is 4.39 Å². The molecule has 4 heterocycles. The van der Waals surface area contributed by atoms with E-state index in [4.69, 9.17) is 9.72 Å². The zero-order valence-corrected chi connectivity index (χ0v) is 29.0. The van der Waals surface area contributed by atoms with Gasteiger partial charge in [0.1, 0.15) is 22.8 Å². The Balaban J connectivity index is 0.991. The summed E-state index contributed by atoms with van der Waals surface area (Å²) in [5, 5.41) is 16.0. The van der Waals surface area contributed by atoms with Crippen LogP contribution >= 0.6 is 22.7 Å². The first-order valence-corrected chi connectivity index (χ1v) is 18.4. The lowest BCUT2D eigenvalue weighted by Crippen LogP contribution is -2.58. The Kier molecular flexibility index (Phi) is 10.7. The maximum Gasteiger partial charge on any atom is 0.305 e. The van der Waals surface area contributed by atoms with E-state index in [-0.39, 0.29) is 40.2 Å². The average molecular weight is 696 g/mol. The first kappa shape index (κ1) is 34.4. The van der Waals surface area contributed by atoms with Crippen molar-refractivity contribution in [2.75, 3.05) is 45.9 Å². The third kappa shape index (κ3) is 7.40. The molecule has 256 valence electrons. The van der Waals surface area contributed by atoms with Gasteiger partial charge in [-0.15, -0.1) is 11.3 Å². The third-order valence-electron chi connectivity index (χ3n) is 9.65. The number of Topliss-reactive ketones (excluding diaryl/α,β-unsaturated/α-hetero) is 1. The van der Waals surface area contributed by atoms with Gasteiger partial charge in [-0.2, -0.15) is 0 Å². The van der Waals surface area contributed by atoms with E-state index in [9.17, 15) is 19.5 Å². The lowest BCUT2D eigenvalue weighted by molar-refractivity contribution is -0.128. The molecule has 0 aliphatic carbocycles. The maximum atomic E-state index is 15.6. The van der Waals surface area contributed by atoms with Crippen LogP contribution in [-0.2, 0) is 17.7 Å². The van der Waals surface area contributed by atoms with Crippen LogP contribution in [0.3, 0.4) is 0 Å². The second-order valence-electron chi connectivity index (χ2n) is 12.7. The molecule has 48 heavy (non-hydrogen) atoms. The Morgan fingerprint density at radius 3 is 2.69 bits per heavy atom. The van der Waals surface area contributed by atoms with Crippen LogP contribution in [0, 0.1) is 5.82 Å². The predicted octanol–water partition coefficient (Wildman–Crippen LogP) is 5.32. The summed E-state index contributed by atoms with van der Waals surface area (Å²) < 4.78 is 22.3. The van der Waals surface area contributed by atoms with Gasteiger partial charge in [-0.25, -0.2) is 9.37 Å². The van der Waals surface area contributed by atoms with Gasteiger partial charge in [0, 0.05) is 48.6 Å². The fourth-order valence-electron chi connectivity index (χ4n) is 6.76. The zero-order chi connectivity index (χ0) is 33.8. The third-order valence-corrected chi connectivity index (χ3v) is 11.6. The van der Waals surface area contributed by atoms with Crippen molar-refractivity contribution >= 4 is 44.6 Å². The Bertz CT molecular complexity index is 1830. The van der Waals surface area contributed by atoms with E-state index in [1.807, 2.05) is 22.4 Å². The molecule has 2 aromatic carbocycles. The fourth-order valence-corrected chi connectivity index (χ4v) is 8.71. The topological polar surface area (TPSA) is 128 Å². The first-order chi connectivity index (χ1) is 23.2. The number of aromatic nitrogens is 2. The van der Waals surface area contributed by atoms with E-state index in [2.05, 4.69) is 29.0 Å². The summed E-state index contributed by atoms with van der Waals surface area (Å²) >= 11 is 2.46. The first-order valence-electron chi connectivity index (χ1n) is 16.7. The number of hydrogen-bond acceptors (Lipinski definition) is 10. The number of phenolic OH excluding ortho intramolecular Hbond substituents is 1. The molecular weight excluding hydrogens is 654 g/mol. The Morgan fingerprint density at radius 1 is 1.15 bits per heavy atom. The number of nitrogens with one attached hydrogen (secondary N) is 2. The molecule has 6 rings (SSSR count). The van der Waals surface area contributed by atoms with Gasteiger partial charge in [0.15, 0.2) is 5.78 Å². The lowest BCUT2D eigenvalue weighted by Gasteiger charge is -2.47. The maximum absolute atomic E-state index is 15.6. The number of phenols is 1. The van der Waals surface area contributed by atoms with Gasteiger partial charge in [0.05, 0.1) is 35.0 Å². The highest BCUT2D eigenvalue weighted by Gasteiger charge is 2.41. The molecule has 10 nitrogen and oxygen atoms in total. The van der Waals surface area contributed by atoms with Crippen LogP contribution in [0.4, 0.5) is 4.39 Å². The fraction of sp³-hybridized carbons (Fsp3) is 0.486. The number of benzene rings is 2. The second-order valence-corrected chi connectivity index (χ2v) is 14.6. The number of carbonyl (C=O) groups excluding carboxylic acids is 2. The van der Waals surface area contributed by atoms with Crippen molar-refractivity contribution in [3.63, 3.8) is 0 Å². The Labute approximate surface area is 286 Å². The van der Waals surface area contributed by atoms with Crippen LogP contribution in [0.15, 0.2) is 40.5 Å². The molecule has 4 aromatic rings. The van der Waals surface area contributed by atoms with Gasteiger partial charge in [-0.3, -0.25) is 19.3 Å². The Hall–Kier alpha value is -3.49. The van der Waals surface area contributed by atoms with Gasteiger partial charge in [0.2, 0.25) is 0 Å². The number of hydrogen-bond donors (Lipinski definition) is 3. The summed E-state index contributed by atoms with van der Waals surface area (Å²) in [6.45, 7) is 8.29. The molecule has 0 atom stereocenters. The quantitative estimate of drug-likeness (QED) is 0.134. The van der Waals surface area contributed by atoms with E-state index in [0.29, 0.717) is 72.2 Å². The summed E-state index contributed by atoms with van der Waals surface area (Å²) in [6, 6.07) is 8.37. The highest BCUT2D eigenvalue weighted by atomic mass is 32.1. The second kappa shape index (κ2) is 15.0. The van der Waals surface area contributed by atoms with Crippen LogP contribution in [0.1, 0.15) is 82.4 Å². The number of aromatic hydroxyl groups is 1. The molecule has 0 unspecified atom stereocenters. The van der Waals surface area contributed by atoms with Crippen molar-refractivity contribution in [1.82, 2.24) is 25.1 Å². The minimum absolute atomic E-state index is 0.0247. The molecule has 0 bridgehead atoms. The molecule has 0 saturated carbocycles. The number of rotatable bonds is 12.